The summed E-state index contributed by atoms with van der Waals surface area (Å²) in [7, 11) is 1.67. The zero-order valence-electron chi connectivity index (χ0n) is 10.6. The third-order valence-corrected chi connectivity index (χ3v) is 2.66. The predicted octanol–water partition coefficient (Wildman–Crippen LogP) is 2.07. The molecule has 0 aliphatic rings. The van der Waals surface area contributed by atoms with Crippen molar-refractivity contribution < 1.29 is 4.79 Å². The highest BCUT2D eigenvalue weighted by Gasteiger charge is 2.12. The molecule has 0 heterocycles. The zero-order chi connectivity index (χ0) is 11.7. The monoisotopic (exact) mass is 214 g/mol. The van der Waals surface area contributed by atoms with Gasteiger partial charge in [-0.25, -0.2) is 0 Å². The molecule has 0 rings (SSSR count). The standard InChI is InChI=1S/C12H26N2O/c1-5-6-7-8-9-10(2)14-11(3)12(15)13-4/h10-11,14H,5-9H2,1-4H3,(H,13,15). The van der Waals surface area contributed by atoms with E-state index in [4.69, 9.17) is 0 Å². The minimum atomic E-state index is -0.0869. The maximum Gasteiger partial charge on any atom is 0.236 e. The first-order valence-electron chi connectivity index (χ1n) is 6.09. The van der Waals surface area contributed by atoms with Crippen molar-refractivity contribution in [3.05, 3.63) is 0 Å². The lowest BCUT2D eigenvalue weighted by molar-refractivity contribution is -0.122. The molecule has 0 saturated carbocycles. The van der Waals surface area contributed by atoms with Crippen molar-refractivity contribution in [1.82, 2.24) is 10.6 Å². The van der Waals surface area contributed by atoms with Crippen molar-refractivity contribution in [3.8, 4) is 0 Å². The van der Waals surface area contributed by atoms with Crippen LogP contribution in [0.4, 0.5) is 0 Å². The van der Waals surface area contributed by atoms with Crippen LogP contribution in [-0.4, -0.2) is 25.0 Å². The van der Waals surface area contributed by atoms with Crippen LogP contribution in [0, 0.1) is 0 Å². The number of amides is 1. The van der Waals surface area contributed by atoms with E-state index in [2.05, 4.69) is 24.5 Å². The van der Waals surface area contributed by atoms with Crippen molar-refractivity contribution in [2.45, 2.75) is 65.0 Å². The molecule has 2 unspecified atom stereocenters. The highest BCUT2D eigenvalue weighted by Crippen LogP contribution is 2.05. The number of rotatable bonds is 8. The van der Waals surface area contributed by atoms with Crippen LogP contribution >= 0.6 is 0 Å². The summed E-state index contributed by atoms with van der Waals surface area (Å²) in [6.07, 6.45) is 6.30. The molecule has 0 aliphatic carbocycles. The lowest BCUT2D eigenvalue weighted by atomic mass is 10.1. The van der Waals surface area contributed by atoms with Gasteiger partial charge in [0.25, 0.3) is 0 Å². The molecule has 1 amide bonds. The second-order valence-corrected chi connectivity index (χ2v) is 4.25. The molecular weight excluding hydrogens is 188 g/mol. The van der Waals surface area contributed by atoms with E-state index in [-0.39, 0.29) is 11.9 Å². The number of carbonyl (C=O) groups excluding carboxylic acids is 1. The van der Waals surface area contributed by atoms with Gasteiger partial charge in [0, 0.05) is 13.1 Å². The fourth-order valence-corrected chi connectivity index (χ4v) is 1.68. The second kappa shape index (κ2) is 8.72. The smallest absolute Gasteiger partial charge is 0.236 e. The normalized spacial score (nSPS) is 14.7. The molecule has 0 radical (unpaired) electrons. The number of hydrogen-bond acceptors (Lipinski definition) is 2. The Labute approximate surface area is 94.0 Å². The van der Waals surface area contributed by atoms with Crippen molar-refractivity contribution >= 4 is 5.91 Å². The summed E-state index contributed by atoms with van der Waals surface area (Å²) in [4.78, 5) is 11.2. The van der Waals surface area contributed by atoms with E-state index in [0.29, 0.717) is 6.04 Å². The van der Waals surface area contributed by atoms with Gasteiger partial charge >= 0.3 is 0 Å². The molecule has 0 aromatic heterocycles. The molecule has 0 fully saturated rings. The number of nitrogens with one attached hydrogen (secondary N) is 2. The predicted molar refractivity (Wildman–Crippen MR) is 64.9 cm³/mol. The molecule has 0 aliphatic heterocycles. The van der Waals surface area contributed by atoms with Gasteiger partial charge < -0.3 is 10.6 Å². The van der Waals surface area contributed by atoms with E-state index >= 15 is 0 Å². The molecule has 0 aromatic carbocycles. The molecule has 0 aromatic rings. The average Bonchev–Trinajstić information content (AvgIpc) is 2.23. The lowest BCUT2D eigenvalue weighted by Gasteiger charge is -2.18. The molecule has 0 bridgehead atoms. The minimum absolute atomic E-state index is 0.0652. The first-order chi connectivity index (χ1) is 7.11. The maximum absolute atomic E-state index is 11.2. The summed E-state index contributed by atoms with van der Waals surface area (Å²) in [6.45, 7) is 6.27. The fourth-order valence-electron chi connectivity index (χ4n) is 1.68. The van der Waals surface area contributed by atoms with Crippen molar-refractivity contribution in [2.24, 2.45) is 0 Å². The quantitative estimate of drug-likeness (QED) is 0.607. The Morgan fingerprint density at radius 3 is 2.40 bits per heavy atom. The molecule has 0 saturated heterocycles. The van der Waals surface area contributed by atoms with E-state index in [1.54, 1.807) is 7.05 Å². The summed E-state index contributed by atoms with van der Waals surface area (Å²) in [5.74, 6) is 0.0652. The van der Waals surface area contributed by atoms with Crippen molar-refractivity contribution in [1.29, 1.82) is 0 Å². The third kappa shape index (κ3) is 7.37. The fraction of sp³-hybridized carbons (Fsp3) is 0.917. The van der Waals surface area contributed by atoms with Gasteiger partial charge in [0.05, 0.1) is 6.04 Å². The van der Waals surface area contributed by atoms with Crippen LogP contribution < -0.4 is 10.6 Å². The number of carbonyl (C=O) groups is 1. The number of unbranched alkanes of at least 4 members (excludes halogenated alkanes) is 3. The molecular formula is C12H26N2O. The van der Waals surface area contributed by atoms with E-state index in [9.17, 15) is 4.79 Å². The number of likely N-dealkylation sites (N-methyl/N-ethyl adjacent to an activating group) is 1. The van der Waals surface area contributed by atoms with Gasteiger partial charge in [-0.05, 0) is 20.3 Å². The molecule has 3 nitrogen and oxygen atoms in total. The summed E-state index contributed by atoms with van der Waals surface area (Å²) < 4.78 is 0. The maximum atomic E-state index is 11.2. The van der Waals surface area contributed by atoms with Crippen molar-refractivity contribution in [3.63, 3.8) is 0 Å². The van der Waals surface area contributed by atoms with Crippen LogP contribution in [0.2, 0.25) is 0 Å². The van der Waals surface area contributed by atoms with Crippen LogP contribution in [0.5, 0.6) is 0 Å². The second-order valence-electron chi connectivity index (χ2n) is 4.25. The molecule has 0 spiro atoms. The molecule has 2 N–H and O–H groups in total. The van der Waals surface area contributed by atoms with Gasteiger partial charge in [-0.1, -0.05) is 32.6 Å². The van der Waals surface area contributed by atoms with Gasteiger partial charge in [0.15, 0.2) is 0 Å². The first-order valence-corrected chi connectivity index (χ1v) is 6.09. The Morgan fingerprint density at radius 1 is 1.20 bits per heavy atom. The van der Waals surface area contributed by atoms with Gasteiger partial charge in [-0.3, -0.25) is 4.79 Å². The largest absolute Gasteiger partial charge is 0.358 e. The Morgan fingerprint density at radius 2 is 1.87 bits per heavy atom. The summed E-state index contributed by atoms with van der Waals surface area (Å²) in [5, 5.41) is 5.94. The third-order valence-electron chi connectivity index (χ3n) is 2.66. The lowest BCUT2D eigenvalue weighted by Crippen LogP contribution is -2.44. The SMILES string of the molecule is CCCCCCC(C)NC(C)C(=O)NC. The Kier molecular flexibility index (Phi) is 8.38. The van der Waals surface area contributed by atoms with Gasteiger partial charge in [0.2, 0.25) is 5.91 Å². The van der Waals surface area contributed by atoms with E-state index in [0.717, 1.165) is 6.42 Å². The van der Waals surface area contributed by atoms with E-state index < -0.39 is 0 Å². The number of hydrogen-bond donors (Lipinski definition) is 2. The van der Waals surface area contributed by atoms with Crippen LogP contribution in [0.1, 0.15) is 52.9 Å². The minimum Gasteiger partial charge on any atom is -0.358 e. The van der Waals surface area contributed by atoms with Crippen LogP contribution in [0.3, 0.4) is 0 Å². The summed E-state index contributed by atoms with van der Waals surface area (Å²) >= 11 is 0. The Bertz CT molecular complexity index is 171. The molecule has 2 atom stereocenters. The summed E-state index contributed by atoms with van der Waals surface area (Å²) in [5.41, 5.74) is 0. The Hall–Kier alpha value is -0.570. The first kappa shape index (κ1) is 14.4. The topological polar surface area (TPSA) is 41.1 Å². The average molecular weight is 214 g/mol. The van der Waals surface area contributed by atoms with E-state index in [1.165, 1.54) is 25.7 Å². The molecule has 15 heavy (non-hydrogen) atoms. The molecule has 90 valence electrons. The van der Waals surface area contributed by atoms with Gasteiger partial charge in [-0.2, -0.15) is 0 Å². The highest BCUT2D eigenvalue weighted by atomic mass is 16.2. The highest BCUT2D eigenvalue weighted by molar-refractivity contribution is 5.80. The zero-order valence-corrected chi connectivity index (χ0v) is 10.6. The van der Waals surface area contributed by atoms with Gasteiger partial charge in [0.1, 0.15) is 0 Å². The van der Waals surface area contributed by atoms with Crippen LogP contribution in [0.25, 0.3) is 0 Å². The van der Waals surface area contributed by atoms with E-state index in [1.807, 2.05) is 6.92 Å². The Balaban J connectivity index is 3.55. The summed E-state index contributed by atoms with van der Waals surface area (Å²) in [6, 6.07) is 0.338. The molecule has 3 heteroatoms. The van der Waals surface area contributed by atoms with Crippen LogP contribution in [0.15, 0.2) is 0 Å². The van der Waals surface area contributed by atoms with Gasteiger partial charge in [-0.15, -0.1) is 0 Å². The van der Waals surface area contributed by atoms with Crippen LogP contribution in [-0.2, 0) is 4.79 Å². The van der Waals surface area contributed by atoms with Crippen molar-refractivity contribution in [2.75, 3.05) is 7.05 Å².